The van der Waals surface area contributed by atoms with Crippen LogP contribution >= 0.6 is 22.9 Å². The highest BCUT2D eigenvalue weighted by Crippen LogP contribution is 2.44. The number of carbonyl (C=O) groups excluding carboxylic acids is 1. The Kier molecular flexibility index (Phi) is 7.27. The van der Waals surface area contributed by atoms with Crippen molar-refractivity contribution in [2.75, 3.05) is 17.6 Å². The van der Waals surface area contributed by atoms with Crippen molar-refractivity contribution in [2.24, 2.45) is 0 Å². The Morgan fingerprint density at radius 3 is 2.47 bits per heavy atom. The SMILES string of the molecule is Cc1ccccc1Nc1sc2c(-c3ccc(Cl)cc3)c(C#N)c(N)nc2c1C(=O)NCCc1ccccc1. The van der Waals surface area contributed by atoms with Crippen molar-refractivity contribution in [1.29, 1.82) is 5.26 Å². The van der Waals surface area contributed by atoms with Gasteiger partial charge < -0.3 is 16.4 Å². The van der Waals surface area contributed by atoms with E-state index in [0.717, 1.165) is 22.4 Å². The lowest BCUT2D eigenvalue weighted by Gasteiger charge is -2.11. The number of nitrogens with zero attached hydrogens (tertiary/aromatic N) is 2. The Morgan fingerprint density at radius 1 is 1.05 bits per heavy atom. The minimum Gasteiger partial charge on any atom is -0.383 e. The molecule has 0 spiro atoms. The number of aryl methyl sites for hydroxylation is 1. The van der Waals surface area contributed by atoms with Crippen molar-refractivity contribution in [3.05, 3.63) is 106 Å². The first kappa shape index (κ1) is 25.3. The molecule has 5 aromatic rings. The quantitative estimate of drug-likeness (QED) is 0.205. The summed E-state index contributed by atoms with van der Waals surface area (Å²) in [5, 5.41) is 17.7. The average Bonchev–Trinajstić information content (AvgIpc) is 3.27. The number of aromatic nitrogens is 1. The van der Waals surface area contributed by atoms with Gasteiger partial charge in [0.1, 0.15) is 28.0 Å². The number of thiophene rings is 1. The van der Waals surface area contributed by atoms with Gasteiger partial charge in [-0.3, -0.25) is 4.79 Å². The maximum Gasteiger partial charge on any atom is 0.256 e. The van der Waals surface area contributed by atoms with Gasteiger partial charge in [-0.25, -0.2) is 4.98 Å². The van der Waals surface area contributed by atoms with Crippen molar-refractivity contribution >= 4 is 55.6 Å². The fourth-order valence-electron chi connectivity index (χ4n) is 4.31. The topological polar surface area (TPSA) is 104 Å². The van der Waals surface area contributed by atoms with Crippen LogP contribution in [0.5, 0.6) is 0 Å². The smallest absolute Gasteiger partial charge is 0.256 e. The van der Waals surface area contributed by atoms with E-state index >= 15 is 0 Å². The van der Waals surface area contributed by atoms with Crippen LogP contribution in [0.3, 0.4) is 0 Å². The van der Waals surface area contributed by atoms with Crippen molar-refractivity contribution in [1.82, 2.24) is 10.3 Å². The highest BCUT2D eigenvalue weighted by molar-refractivity contribution is 7.24. The van der Waals surface area contributed by atoms with Crippen LogP contribution < -0.4 is 16.4 Å². The number of nitrogens with two attached hydrogens (primary N) is 1. The number of hydrogen-bond acceptors (Lipinski definition) is 6. The molecule has 4 N–H and O–H groups in total. The lowest BCUT2D eigenvalue weighted by Crippen LogP contribution is -2.26. The fraction of sp³-hybridized carbons (Fsp3) is 0.100. The molecule has 2 heterocycles. The van der Waals surface area contributed by atoms with E-state index in [-0.39, 0.29) is 17.3 Å². The van der Waals surface area contributed by atoms with Gasteiger partial charge in [0.05, 0.1) is 10.2 Å². The van der Waals surface area contributed by atoms with Gasteiger partial charge >= 0.3 is 0 Å². The number of amides is 1. The third-order valence-corrected chi connectivity index (χ3v) is 7.62. The predicted octanol–water partition coefficient (Wildman–Crippen LogP) is 7.10. The zero-order valence-corrected chi connectivity index (χ0v) is 22.2. The lowest BCUT2D eigenvalue weighted by atomic mass is 10.00. The van der Waals surface area contributed by atoms with E-state index in [1.165, 1.54) is 11.3 Å². The van der Waals surface area contributed by atoms with E-state index in [1.54, 1.807) is 12.1 Å². The van der Waals surface area contributed by atoms with Crippen LogP contribution in [0, 0.1) is 18.3 Å². The van der Waals surface area contributed by atoms with Crippen LogP contribution in [-0.4, -0.2) is 17.4 Å². The normalized spacial score (nSPS) is 10.8. The summed E-state index contributed by atoms with van der Waals surface area (Å²) in [6.45, 7) is 2.46. The molecule has 0 aliphatic heterocycles. The summed E-state index contributed by atoms with van der Waals surface area (Å²) in [6.07, 6.45) is 0.694. The summed E-state index contributed by atoms with van der Waals surface area (Å²) in [6, 6.07) is 27.2. The van der Waals surface area contributed by atoms with Gasteiger partial charge in [0.15, 0.2) is 0 Å². The molecule has 0 unspecified atom stereocenters. The molecule has 2 aromatic heterocycles. The van der Waals surface area contributed by atoms with Crippen LogP contribution in [0.4, 0.5) is 16.5 Å². The van der Waals surface area contributed by atoms with Crippen LogP contribution in [0.2, 0.25) is 5.02 Å². The monoisotopic (exact) mass is 537 g/mol. The van der Waals surface area contributed by atoms with Gasteiger partial charge in [0.25, 0.3) is 5.91 Å². The summed E-state index contributed by atoms with van der Waals surface area (Å²) in [5.74, 6) is -0.189. The number of nitrogen functional groups attached to an aromatic ring is 1. The maximum absolute atomic E-state index is 13.7. The summed E-state index contributed by atoms with van der Waals surface area (Å²) in [7, 11) is 0. The maximum atomic E-state index is 13.7. The highest BCUT2D eigenvalue weighted by Gasteiger charge is 2.26. The third-order valence-electron chi connectivity index (χ3n) is 6.26. The first-order chi connectivity index (χ1) is 18.5. The summed E-state index contributed by atoms with van der Waals surface area (Å²) >= 11 is 7.50. The number of fused-ring (bicyclic) bond motifs is 1. The van der Waals surface area contributed by atoms with Gasteiger partial charge in [0.2, 0.25) is 0 Å². The van der Waals surface area contributed by atoms with Crippen LogP contribution in [0.15, 0.2) is 78.9 Å². The van der Waals surface area contributed by atoms with Crippen molar-refractivity contribution in [3.63, 3.8) is 0 Å². The predicted molar refractivity (Wildman–Crippen MR) is 156 cm³/mol. The van der Waals surface area contributed by atoms with Gasteiger partial charge in [-0.1, -0.05) is 72.3 Å². The largest absolute Gasteiger partial charge is 0.383 e. The number of rotatable bonds is 7. The Morgan fingerprint density at radius 2 is 1.76 bits per heavy atom. The first-order valence-electron chi connectivity index (χ1n) is 12.0. The van der Waals surface area contributed by atoms with E-state index in [0.29, 0.717) is 44.3 Å². The molecule has 6 nitrogen and oxygen atoms in total. The minimum absolute atomic E-state index is 0.0727. The molecule has 0 saturated carbocycles. The molecule has 38 heavy (non-hydrogen) atoms. The number of halogens is 1. The number of pyridine rings is 1. The van der Waals surface area contributed by atoms with E-state index in [9.17, 15) is 10.1 Å². The number of hydrogen-bond donors (Lipinski definition) is 3. The van der Waals surface area contributed by atoms with E-state index < -0.39 is 0 Å². The minimum atomic E-state index is -0.262. The molecule has 0 atom stereocenters. The van der Waals surface area contributed by atoms with Gasteiger partial charge in [-0.05, 0) is 48.2 Å². The summed E-state index contributed by atoms with van der Waals surface area (Å²) < 4.78 is 0.697. The van der Waals surface area contributed by atoms with Gasteiger partial charge in [-0.2, -0.15) is 5.26 Å². The number of benzene rings is 3. The molecule has 1 amide bonds. The fourth-order valence-corrected chi connectivity index (χ4v) is 5.66. The van der Waals surface area contributed by atoms with Crippen LogP contribution in [0.1, 0.15) is 27.0 Å². The highest BCUT2D eigenvalue weighted by atomic mass is 35.5. The zero-order valence-electron chi connectivity index (χ0n) is 20.6. The van der Waals surface area contributed by atoms with Crippen molar-refractivity contribution < 1.29 is 4.79 Å². The molecule has 0 aliphatic carbocycles. The van der Waals surface area contributed by atoms with Crippen LogP contribution in [-0.2, 0) is 6.42 Å². The van der Waals surface area contributed by atoms with Gasteiger partial charge in [0, 0.05) is 22.8 Å². The molecular weight excluding hydrogens is 514 g/mol. The molecule has 5 rings (SSSR count). The Hall–Kier alpha value is -4.38. The molecule has 0 saturated heterocycles. The van der Waals surface area contributed by atoms with E-state index in [1.807, 2.05) is 73.7 Å². The second-order valence-corrected chi connectivity index (χ2v) is 10.2. The van der Waals surface area contributed by atoms with Gasteiger partial charge in [-0.15, -0.1) is 11.3 Å². The molecule has 0 aliphatic rings. The molecule has 0 fully saturated rings. The zero-order chi connectivity index (χ0) is 26.6. The number of para-hydroxylation sites is 1. The molecule has 8 heteroatoms. The Balaban J connectivity index is 1.64. The second-order valence-electron chi connectivity index (χ2n) is 8.78. The average molecular weight is 538 g/mol. The summed E-state index contributed by atoms with van der Waals surface area (Å²) in [5.41, 5.74) is 11.8. The summed E-state index contributed by atoms with van der Waals surface area (Å²) in [4.78, 5) is 18.2. The second kappa shape index (κ2) is 10.9. The Bertz CT molecular complexity index is 1670. The first-order valence-corrected chi connectivity index (χ1v) is 13.2. The number of anilines is 3. The molecular formula is C30H24ClN5OS. The van der Waals surface area contributed by atoms with E-state index in [4.69, 9.17) is 17.3 Å². The third kappa shape index (κ3) is 5.05. The number of carbonyl (C=O) groups is 1. The molecule has 3 aromatic carbocycles. The number of nitriles is 1. The van der Waals surface area contributed by atoms with Crippen LogP contribution in [0.25, 0.3) is 21.3 Å². The van der Waals surface area contributed by atoms with Crippen molar-refractivity contribution in [3.8, 4) is 17.2 Å². The Labute approximate surface area is 229 Å². The van der Waals surface area contributed by atoms with E-state index in [2.05, 4.69) is 21.7 Å². The standard InChI is InChI=1S/C30H24ClN5OS/c1-18-7-5-6-10-23(18)35-30-25(29(37)34-16-15-19-8-3-2-4-9-19)26-27(38-30)24(22(17-32)28(33)36-26)20-11-13-21(31)14-12-20/h2-14,35H,15-16H2,1H3,(H2,33,36)(H,34,37). The molecule has 0 bridgehead atoms. The molecule has 188 valence electrons. The number of nitrogens with one attached hydrogen (secondary N) is 2. The van der Waals surface area contributed by atoms with Crippen molar-refractivity contribution in [2.45, 2.75) is 13.3 Å². The molecule has 0 radical (unpaired) electrons. The lowest BCUT2D eigenvalue weighted by molar-refractivity contribution is 0.0957.